The first-order valence-corrected chi connectivity index (χ1v) is 12.6. The van der Waals surface area contributed by atoms with Gasteiger partial charge in [0.1, 0.15) is 11.4 Å². The zero-order chi connectivity index (χ0) is 26.4. The van der Waals surface area contributed by atoms with Crippen molar-refractivity contribution in [2.75, 3.05) is 10.6 Å². The van der Waals surface area contributed by atoms with Gasteiger partial charge >= 0.3 is 0 Å². The number of amides is 2. The van der Waals surface area contributed by atoms with Gasteiger partial charge in [0.25, 0.3) is 5.91 Å². The summed E-state index contributed by atoms with van der Waals surface area (Å²) in [5, 5.41) is 10.7. The summed E-state index contributed by atoms with van der Waals surface area (Å²) < 4.78 is 18.8. The van der Waals surface area contributed by atoms with Crippen LogP contribution < -0.4 is 10.6 Å². The summed E-state index contributed by atoms with van der Waals surface area (Å²) in [5.74, 6) is -1.21. The van der Waals surface area contributed by atoms with Gasteiger partial charge in [-0.1, -0.05) is 11.3 Å². The van der Waals surface area contributed by atoms with Crippen LogP contribution in [0.3, 0.4) is 0 Å². The number of carbonyl (C=O) groups excluding carboxylic acids is 2. The number of rotatable bonds is 5. The Bertz CT molecular complexity index is 1710. The number of hydrogen-bond acceptors (Lipinski definition) is 7. The molecule has 5 aromatic rings. The highest BCUT2D eigenvalue weighted by Crippen LogP contribution is 2.44. The third-order valence-corrected chi connectivity index (χ3v) is 7.12. The summed E-state index contributed by atoms with van der Waals surface area (Å²) >= 11 is 1.33. The Labute approximate surface area is 220 Å². The molecule has 38 heavy (non-hydrogen) atoms. The molecule has 0 radical (unpaired) electrons. The second kappa shape index (κ2) is 9.30. The largest absolute Gasteiger partial charge is 0.340 e. The Kier molecular flexibility index (Phi) is 5.80. The molecule has 0 fully saturated rings. The number of aryl methyl sites for hydroxylation is 2. The number of aromatic nitrogens is 6. The van der Waals surface area contributed by atoms with E-state index in [0.29, 0.717) is 29.4 Å². The van der Waals surface area contributed by atoms with Crippen molar-refractivity contribution < 1.29 is 14.0 Å². The number of carbonyl (C=O) groups is 2. The Balaban J connectivity index is 1.44. The van der Waals surface area contributed by atoms with Crippen molar-refractivity contribution >= 4 is 34.0 Å². The molecule has 190 valence electrons. The van der Waals surface area contributed by atoms with Crippen molar-refractivity contribution in [3.63, 3.8) is 0 Å². The van der Waals surface area contributed by atoms with Gasteiger partial charge in [-0.05, 0) is 43.2 Å². The van der Waals surface area contributed by atoms with E-state index in [9.17, 15) is 9.59 Å². The number of fused-ring (bicyclic) bond motifs is 3. The Morgan fingerprint density at radius 3 is 2.74 bits per heavy atom. The molecule has 1 aliphatic rings. The minimum Gasteiger partial charge on any atom is -0.340 e. The molecule has 0 saturated heterocycles. The van der Waals surface area contributed by atoms with E-state index in [-0.39, 0.29) is 17.3 Å². The molecule has 0 aliphatic heterocycles. The van der Waals surface area contributed by atoms with Gasteiger partial charge in [0.15, 0.2) is 10.9 Å². The van der Waals surface area contributed by atoms with Crippen LogP contribution in [0, 0.1) is 5.82 Å². The average molecular weight is 529 g/mol. The maximum atomic E-state index is 15.6. The van der Waals surface area contributed by atoms with Gasteiger partial charge < -0.3 is 15.2 Å². The standard InChI is InChI=1S/C26H21FN8O2S/c1-14(36)30-26-32-19-7-6-17-22(15-4-3-9-28-11-15)33-35(23(17)24(19)38-26)21-8-5-16(10-18(21)27)31-25(37)20-12-34(2)13-29-20/h3-5,8-13H,6-7H2,1-2H3,(H,31,37)(H,30,32,36). The van der Waals surface area contributed by atoms with Gasteiger partial charge in [0, 0.05) is 49.4 Å². The minimum atomic E-state index is -0.564. The normalized spacial score (nSPS) is 12.1. The van der Waals surface area contributed by atoms with E-state index in [1.807, 2.05) is 12.1 Å². The van der Waals surface area contributed by atoms with Crippen LogP contribution in [0.1, 0.15) is 28.7 Å². The van der Waals surface area contributed by atoms with Crippen molar-refractivity contribution in [2.45, 2.75) is 19.8 Å². The molecule has 6 rings (SSSR count). The number of anilines is 2. The molecule has 0 bridgehead atoms. The number of benzene rings is 1. The van der Waals surface area contributed by atoms with Crippen molar-refractivity contribution in [3.8, 4) is 27.5 Å². The predicted molar refractivity (Wildman–Crippen MR) is 141 cm³/mol. The summed E-state index contributed by atoms with van der Waals surface area (Å²) in [5.41, 5.74) is 4.77. The van der Waals surface area contributed by atoms with Gasteiger partial charge in [-0.2, -0.15) is 5.10 Å². The lowest BCUT2D eigenvalue weighted by atomic mass is 9.95. The first-order chi connectivity index (χ1) is 18.4. The molecular weight excluding hydrogens is 507 g/mol. The molecule has 4 aromatic heterocycles. The van der Waals surface area contributed by atoms with Crippen LogP contribution in [0.15, 0.2) is 55.2 Å². The number of hydrogen-bond donors (Lipinski definition) is 2. The number of imidazole rings is 1. The summed E-state index contributed by atoms with van der Waals surface area (Å²) in [6.07, 6.45) is 7.83. The summed E-state index contributed by atoms with van der Waals surface area (Å²) in [7, 11) is 1.76. The Morgan fingerprint density at radius 2 is 2.03 bits per heavy atom. The third-order valence-electron chi connectivity index (χ3n) is 6.10. The smallest absolute Gasteiger partial charge is 0.275 e. The van der Waals surface area contributed by atoms with E-state index in [1.54, 1.807) is 47.0 Å². The molecule has 1 aliphatic carbocycles. The molecule has 12 heteroatoms. The lowest BCUT2D eigenvalue weighted by Crippen LogP contribution is -2.13. The molecule has 1 aromatic carbocycles. The van der Waals surface area contributed by atoms with Crippen molar-refractivity contribution in [3.05, 3.63) is 78.0 Å². The third kappa shape index (κ3) is 4.24. The number of nitrogens with zero attached hydrogens (tertiary/aromatic N) is 6. The van der Waals surface area contributed by atoms with E-state index in [4.69, 9.17) is 5.10 Å². The van der Waals surface area contributed by atoms with Crippen LogP contribution in [0.25, 0.3) is 27.5 Å². The van der Waals surface area contributed by atoms with E-state index in [0.717, 1.165) is 27.4 Å². The van der Waals surface area contributed by atoms with Gasteiger partial charge in [0.2, 0.25) is 5.91 Å². The highest BCUT2D eigenvalue weighted by atomic mass is 32.1. The topological polar surface area (TPSA) is 120 Å². The summed E-state index contributed by atoms with van der Waals surface area (Å²) in [4.78, 5) is 37.8. The minimum absolute atomic E-state index is 0.213. The fourth-order valence-electron chi connectivity index (χ4n) is 4.46. The lowest BCUT2D eigenvalue weighted by Gasteiger charge is -2.15. The zero-order valence-electron chi connectivity index (χ0n) is 20.4. The quantitative estimate of drug-likeness (QED) is 0.352. The van der Waals surface area contributed by atoms with Gasteiger partial charge in [-0.15, -0.1) is 0 Å². The van der Waals surface area contributed by atoms with Crippen LogP contribution in [0.4, 0.5) is 15.2 Å². The van der Waals surface area contributed by atoms with E-state index >= 15 is 4.39 Å². The number of nitrogens with one attached hydrogen (secondary N) is 2. The van der Waals surface area contributed by atoms with Gasteiger partial charge in [0.05, 0.1) is 28.3 Å². The van der Waals surface area contributed by atoms with E-state index in [1.165, 1.54) is 30.7 Å². The van der Waals surface area contributed by atoms with Crippen LogP contribution >= 0.6 is 11.3 Å². The van der Waals surface area contributed by atoms with Crippen LogP contribution in [0.5, 0.6) is 0 Å². The molecule has 0 atom stereocenters. The molecular formula is C26H21FN8O2S. The van der Waals surface area contributed by atoms with E-state index < -0.39 is 11.7 Å². The van der Waals surface area contributed by atoms with Crippen LogP contribution in [-0.2, 0) is 24.7 Å². The number of pyridine rings is 1. The number of halogens is 1. The SMILES string of the molecule is CC(=O)Nc1nc2c(s1)-c1c(c(-c3cccnc3)nn1-c1ccc(NC(=O)c3cn(C)cn3)cc1F)CC2. The summed E-state index contributed by atoms with van der Waals surface area (Å²) in [6, 6.07) is 8.20. The van der Waals surface area contributed by atoms with Crippen molar-refractivity contribution in [2.24, 2.45) is 7.05 Å². The second-order valence-electron chi connectivity index (χ2n) is 8.85. The molecule has 0 spiro atoms. The predicted octanol–water partition coefficient (Wildman–Crippen LogP) is 4.24. The maximum Gasteiger partial charge on any atom is 0.275 e. The van der Waals surface area contributed by atoms with Gasteiger partial charge in [-0.3, -0.25) is 14.6 Å². The van der Waals surface area contributed by atoms with E-state index in [2.05, 4.69) is 25.6 Å². The maximum absolute atomic E-state index is 15.6. The number of thiazole rings is 1. The van der Waals surface area contributed by atoms with Crippen molar-refractivity contribution in [1.82, 2.24) is 29.3 Å². The fourth-order valence-corrected chi connectivity index (χ4v) is 5.58. The van der Waals surface area contributed by atoms with Crippen LogP contribution in [0.2, 0.25) is 0 Å². The zero-order valence-corrected chi connectivity index (χ0v) is 21.2. The molecule has 0 saturated carbocycles. The first-order valence-electron chi connectivity index (χ1n) is 11.8. The fraction of sp³-hybridized carbons (Fsp3) is 0.154. The highest BCUT2D eigenvalue weighted by Gasteiger charge is 2.30. The second-order valence-corrected chi connectivity index (χ2v) is 9.85. The molecule has 10 nitrogen and oxygen atoms in total. The Morgan fingerprint density at radius 1 is 1.16 bits per heavy atom. The monoisotopic (exact) mass is 528 g/mol. The average Bonchev–Trinajstić information content (AvgIpc) is 3.60. The molecule has 2 amide bonds. The Hall–Kier alpha value is -4.71. The summed E-state index contributed by atoms with van der Waals surface area (Å²) in [6.45, 7) is 1.43. The van der Waals surface area contributed by atoms with Crippen LogP contribution in [-0.4, -0.2) is 41.1 Å². The molecule has 4 heterocycles. The lowest BCUT2D eigenvalue weighted by molar-refractivity contribution is -0.114. The molecule has 0 unspecified atom stereocenters. The van der Waals surface area contributed by atoms with Gasteiger partial charge in [-0.25, -0.2) is 19.0 Å². The highest BCUT2D eigenvalue weighted by molar-refractivity contribution is 7.19. The first kappa shape index (κ1) is 23.7. The molecule has 2 N–H and O–H groups in total. The van der Waals surface area contributed by atoms with Crippen molar-refractivity contribution in [1.29, 1.82) is 0 Å².